The Bertz CT molecular complexity index is 303. The Morgan fingerprint density at radius 3 is 2.60 bits per heavy atom. The molecule has 1 aromatic rings. The molecular weight excluding hydrogens is 186 g/mol. The maximum Gasteiger partial charge on any atom is 0.223 e. The zero-order chi connectivity index (χ0) is 10.5. The standard InChI is InChI=1S/C12H19N3/c1-10-8-9-13-12(14-10)15-11-6-4-2-3-5-7-11/h8-9,11H,2-7H2,1H3,(H,13,14,15). The second-order valence-electron chi connectivity index (χ2n) is 4.35. The minimum atomic E-state index is 0.578. The van der Waals surface area contributed by atoms with Crippen LogP contribution >= 0.6 is 0 Å². The van der Waals surface area contributed by atoms with Crippen molar-refractivity contribution in [2.75, 3.05) is 5.32 Å². The molecule has 0 spiro atoms. The van der Waals surface area contributed by atoms with Gasteiger partial charge in [0.15, 0.2) is 0 Å². The van der Waals surface area contributed by atoms with Crippen molar-refractivity contribution in [1.82, 2.24) is 9.97 Å². The van der Waals surface area contributed by atoms with Gasteiger partial charge in [-0.2, -0.15) is 0 Å². The second kappa shape index (κ2) is 5.10. The molecule has 0 amide bonds. The molecule has 2 rings (SSSR count). The number of rotatable bonds is 2. The van der Waals surface area contributed by atoms with Crippen LogP contribution in [0, 0.1) is 6.92 Å². The molecule has 1 heterocycles. The fourth-order valence-electron chi connectivity index (χ4n) is 2.12. The highest BCUT2D eigenvalue weighted by Gasteiger charge is 2.12. The summed E-state index contributed by atoms with van der Waals surface area (Å²) in [4.78, 5) is 8.62. The predicted octanol–water partition coefficient (Wildman–Crippen LogP) is 2.92. The van der Waals surface area contributed by atoms with Gasteiger partial charge in [-0.1, -0.05) is 25.7 Å². The van der Waals surface area contributed by atoms with Crippen molar-refractivity contribution in [2.45, 2.75) is 51.5 Å². The van der Waals surface area contributed by atoms with Crippen molar-refractivity contribution >= 4 is 5.95 Å². The summed E-state index contributed by atoms with van der Waals surface area (Å²) >= 11 is 0. The fraction of sp³-hybridized carbons (Fsp3) is 0.667. The fourth-order valence-corrected chi connectivity index (χ4v) is 2.12. The molecule has 0 aromatic carbocycles. The Kier molecular flexibility index (Phi) is 3.54. The Hall–Kier alpha value is -1.12. The lowest BCUT2D eigenvalue weighted by atomic mass is 10.1. The van der Waals surface area contributed by atoms with Gasteiger partial charge >= 0.3 is 0 Å². The SMILES string of the molecule is Cc1ccnc(NC2CCCCCC2)n1. The summed E-state index contributed by atoms with van der Waals surface area (Å²) in [6.07, 6.45) is 9.78. The third-order valence-electron chi connectivity index (χ3n) is 2.98. The van der Waals surface area contributed by atoms with Crippen LogP contribution in [0.1, 0.15) is 44.2 Å². The van der Waals surface area contributed by atoms with Gasteiger partial charge in [0.05, 0.1) is 0 Å². The lowest BCUT2D eigenvalue weighted by Crippen LogP contribution is -2.19. The Labute approximate surface area is 91.3 Å². The van der Waals surface area contributed by atoms with E-state index < -0.39 is 0 Å². The number of aromatic nitrogens is 2. The summed E-state index contributed by atoms with van der Waals surface area (Å²) in [5.41, 5.74) is 1.03. The first-order valence-electron chi connectivity index (χ1n) is 5.91. The van der Waals surface area contributed by atoms with Crippen LogP contribution < -0.4 is 5.32 Å². The first kappa shape index (κ1) is 10.4. The van der Waals surface area contributed by atoms with Crippen LogP contribution in [0.5, 0.6) is 0 Å². The molecule has 1 aliphatic carbocycles. The van der Waals surface area contributed by atoms with Gasteiger partial charge in [-0.3, -0.25) is 0 Å². The zero-order valence-corrected chi connectivity index (χ0v) is 9.37. The first-order valence-corrected chi connectivity index (χ1v) is 5.91. The summed E-state index contributed by atoms with van der Waals surface area (Å²) in [5, 5.41) is 3.44. The van der Waals surface area contributed by atoms with Crippen molar-refractivity contribution in [3.8, 4) is 0 Å². The van der Waals surface area contributed by atoms with Crippen LogP contribution in [0.2, 0.25) is 0 Å². The average Bonchev–Trinajstić information content (AvgIpc) is 2.46. The summed E-state index contributed by atoms with van der Waals surface area (Å²) < 4.78 is 0. The molecule has 0 radical (unpaired) electrons. The smallest absolute Gasteiger partial charge is 0.223 e. The van der Waals surface area contributed by atoms with Crippen LogP contribution in [-0.2, 0) is 0 Å². The van der Waals surface area contributed by atoms with E-state index in [4.69, 9.17) is 0 Å². The highest BCUT2D eigenvalue weighted by Crippen LogP contribution is 2.19. The normalized spacial score (nSPS) is 18.5. The van der Waals surface area contributed by atoms with Crippen LogP contribution in [0.3, 0.4) is 0 Å². The van der Waals surface area contributed by atoms with Crippen molar-refractivity contribution in [2.24, 2.45) is 0 Å². The third-order valence-corrected chi connectivity index (χ3v) is 2.98. The van der Waals surface area contributed by atoms with Crippen LogP contribution in [0.25, 0.3) is 0 Å². The van der Waals surface area contributed by atoms with Crippen molar-refractivity contribution in [3.05, 3.63) is 18.0 Å². The Morgan fingerprint density at radius 1 is 1.20 bits per heavy atom. The Balaban J connectivity index is 1.95. The second-order valence-corrected chi connectivity index (χ2v) is 4.35. The Morgan fingerprint density at radius 2 is 1.93 bits per heavy atom. The van der Waals surface area contributed by atoms with E-state index in [1.807, 2.05) is 19.2 Å². The number of aryl methyl sites for hydroxylation is 1. The van der Waals surface area contributed by atoms with Gasteiger partial charge in [0.2, 0.25) is 5.95 Å². The third kappa shape index (κ3) is 3.18. The van der Waals surface area contributed by atoms with E-state index in [1.165, 1.54) is 38.5 Å². The molecule has 1 saturated carbocycles. The first-order chi connectivity index (χ1) is 7.34. The van der Waals surface area contributed by atoms with Crippen LogP contribution in [0.4, 0.5) is 5.95 Å². The summed E-state index contributed by atoms with van der Waals surface area (Å²) in [6.45, 7) is 2.00. The lowest BCUT2D eigenvalue weighted by Gasteiger charge is -2.15. The molecule has 0 atom stereocenters. The molecule has 0 unspecified atom stereocenters. The van der Waals surface area contributed by atoms with Gasteiger partial charge in [-0.25, -0.2) is 9.97 Å². The van der Waals surface area contributed by atoms with Gasteiger partial charge in [-0.15, -0.1) is 0 Å². The largest absolute Gasteiger partial charge is 0.351 e. The monoisotopic (exact) mass is 205 g/mol. The highest BCUT2D eigenvalue weighted by atomic mass is 15.1. The van der Waals surface area contributed by atoms with E-state index in [2.05, 4.69) is 15.3 Å². The van der Waals surface area contributed by atoms with Crippen molar-refractivity contribution in [1.29, 1.82) is 0 Å². The molecule has 3 nitrogen and oxygen atoms in total. The highest BCUT2D eigenvalue weighted by molar-refractivity contribution is 5.26. The van der Waals surface area contributed by atoms with E-state index in [9.17, 15) is 0 Å². The minimum absolute atomic E-state index is 0.578. The van der Waals surface area contributed by atoms with Gasteiger partial charge in [0.1, 0.15) is 0 Å². The molecule has 82 valence electrons. The maximum absolute atomic E-state index is 4.38. The number of hydrogen-bond donors (Lipinski definition) is 1. The van der Waals surface area contributed by atoms with E-state index in [-0.39, 0.29) is 0 Å². The van der Waals surface area contributed by atoms with E-state index >= 15 is 0 Å². The molecule has 0 aliphatic heterocycles. The molecule has 0 saturated heterocycles. The van der Waals surface area contributed by atoms with Gasteiger partial charge < -0.3 is 5.32 Å². The number of anilines is 1. The summed E-state index contributed by atoms with van der Waals surface area (Å²) in [6, 6.07) is 2.51. The molecule has 1 aromatic heterocycles. The molecule has 1 aliphatic rings. The molecular formula is C12H19N3. The number of hydrogen-bond acceptors (Lipinski definition) is 3. The van der Waals surface area contributed by atoms with Crippen LogP contribution in [-0.4, -0.2) is 16.0 Å². The van der Waals surface area contributed by atoms with E-state index in [1.54, 1.807) is 0 Å². The molecule has 3 heteroatoms. The summed E-state index contributed by atoms with van der Waals surface area (Å²) in [7, 11) is 0. The zero-order valence-electron chi connectivity index (χ0n) is 9.37. The van der Waals surface area contributed by atoms with Gasteiger partial charge in [-0.05, 0) is 25.8 Å². The average molecular weight is 205 g/mol. The predicted molar refractivity (Wildman–Crippen MR) is 61.9 cm³/mol. The van der Waals surface area contributed by atoms with Gasteiger partial charge in [0.25, 0.3) is 0 Å². The molecule has 0 bridgehead atoms. The minimum Gasteiger partial charge on any atom is -0.351 e. The maximum atomic E-state index is 4.38. The van der Waals surface area contributed by atoms with E-state index in [0.29, 0.717) is 6.04 Å². The topological polar surface area (TPSA) is 37.8 Å². The van der Waals surface area contributed by atoms with Crippen molar-refractivity contribution in [3.63, 3.8) is 0 Å². The number of nitrogens with one attached hydrogen (secondary N) is 1. The van der Waals surface area contributed by atoms with Gasteiger partial charge in [0, 0.05) is 17.9 Å². The van der Waals surface area contributed by atoms with Crippen LogP contribution in [0.15, 0.2) is 12.3 Å². The van der Waals surface area contributed by atoms with Crippen molar-refractivity contribution < 1.29 is 0 Å². The number of nitrogens with zero attached hydrogens (tertiary/aromatic N) is 2. The molecule has 1 fully saturated rings. The lowest BCUT2D eigenvalue weighted by molar-refractivity contribution is 0.614. The summed E-state index contributed by atoms with van der Waals surface area (Å²) in [5.74, 6) is 0.793. The van der Waals surface area contributed by atoms with E-state index in [0.717, 1.165) is 11.6 Å². The molecule has 1 N–H and O–H groups in total. The quantitative estimate of drug-likeness (QED) is 0.754. The molecule has 15 heavy (non-hydrogen) atoms.